The highest BCUT2D eigenvalue weighted by atomic mass is 32.2. The van der Waals surface area contributed by atoms with Crippen LogP contribution >= 0.6 is 11.8 Å². The third-order valence-corrected chi connectivity index (χ3v) is 4.33. The normalized spacial score (nSPS) is 11.0. The third kappa shape index (κ3) is 6.08. The van der Waals surface area contributed by atoms with Crippen LogP contribution in [0.2, 0.25) is 0 Å². The molecule has 0 aliphatic rings. The fourth-order valence-corrected chi connectivity index (χ4v) is 1.84. The predicted octanol–water partition coefficient (Wildman–Crippen LogP) is 2.82. The van der Waals surface area contributed by atoms with Crippen molar-refractivity contribution >= 4 is 29.4 Å². The maximum atomic E-state index is 12.3. The van der Waals surface area contributed by atoms with Crippen LogP contribution in [0.1, 0.15) is 20.3 Å². The van der Waals surface area contributed by atoms with E-state index < -0.39 is 5.97 Å². The van der Waals surface area contributed by atoms with Crippen LogP contribution in [0.3, 0.4) is 0 Å². The van der Waals surface area contributed by atoms with E-state index >= 15 is 0 Å². The summed E-state index contributed by atoms with van der Waals surface area (Å²) in [7, 11) is 0. The number of para-hydroxylation sites is 1. The number of carboxylic acids is 1. The Labute approximate surface area is 129 Å². The molecule has 0 aliphatic heterocycles. The second kappa shape index (κ2) is 7.93. The topological polar surface area (TPSA) is 69.6 Å². The number of nitrogens with one attached hydrogen (secondary N) is 1. The highest BCUT2D eigenvalue weighted by Gasteiger charge is 2.21. The van der Waals surface area contributed by atoms with E-state index in [9.17, 15) is 9.59 Å². The van der Waals surface area contributed by atoms with Crippen molar-refractivity contribution in [1.29, 1.82) is 0 Å². The van der Waals surface area contributed by atoms with Gasteiger partial charge >= 0.3 is 12.0 Å². The van der Waals surface area contributed by atoms with Crippen LogP contribution in [-0.2, 0) is 4.79 Å². The third-order valence-electron chi connectivity index (χ3n) is 3.08. The summed E-state index contributed by atoms with van der Waals surface area (Å²) >= 11 is 1.67. The Morgan fingerprint density at radius 3 is 2.43 bits per heavy atom. The summed E-state index contributed by atoms with van der Waals surface area (Å²) in [5.74, 6) is -0.923. The number of hydrogen-bond acceptors (Lipinski definition) is 3. The molecule has 1 aromatic carbocycles. The molecule has 0 bridgehead atoms. The predicted molar refractivity (Wildman–Crippen MR) is 87.0 cm³/mol. The van der Waals surface area contributed by atoms with Gasteiger partial charge in [-0.05, 0) is 32.2 Å². The summed E-state index contributed by atoms with van der Waals surface area (Å²) in [6.45, 7) is 4.75. The lowest BCUT2D eigenvalue weighted by molar-refractivity contribution is -0.136. The van der Waals surface area contributed by atoms with Gasteiger partial charge in [-0.15, -0.1) is 0 Å². The number of anilines is 1. The van der Waals surface area contributed by atoms with Gasteiger partial charge in [-0.1, -0.05) is 18.2 Å². The minimum Gasteiger partial charge on any atom is -0.481 e. The molecule has 116 valence electrons. The number of carboxylic acid groups (broad SMARTS) is 1. The molecule has 1 rings (SSSR count). The van der Waals surface area contributed by atoms with Gasteiger partial charge in [0.2, 0.25) is 0 Å². The molecular weight excluding hydrogens is 288 g/mol. The van der Waals surface area contributed by atoms with E-state index in [2.05, 4.69) is 5.32 Å². The maximum Gasteiger partial charge on any atom is 0.321 e. The summed E-state index contributed by atoms with van der Waals surface area (Å²) in [4.78, 5) is 24.6. The Morgan fingerprint density at radius 1 is 1.29 bits per heavy atom. The SMILES string of the molecule is CSC(C)(C)CNC(=O)N(CCC(=O)O)c1ccccc1. The molecule has 6 heteroatoms. The number of hydrogen-bond donors (Lipinski definition) is 2. The van der Waals surface area contributed by atoms with Gasteiger partial charge in [0.15, 0.2) is 0 Å². The van der Waals surface area contributed by atoms with Crippen LogP contribution in [-0.4, -0.2) is 41.2 Å². The van der Waals surface area contributed by atoms with Gasteiger partial charge < -0.3 is 10.4 Å². The van der Waals surface area contributed by atoms with E-state index in [4.69, 9.17) is 5.11 Å². The molecule has 5 nitrogen and oxygen atoms in total. The van der Waals surface area contributed by atoms with Crippen LogP contribution in [0.15, 0.2) is 30.3 Å². The highest BCUT2D eigenvalue weighted by molar-refractivity contribution is 7.99. The Balaban J connectivity index is 2.76. The number of benzene rings is 1. The molecule has 2 N–H and O–H groups in total. The van der Waals surface area contributed by atoms with Gasteiger partial charge in [0, 0.05) is 23.5 Å². The van der Waals surface area contributed by atoms with Gasteiger partial charge in [0.05, 0.1) is 6.42 Å². The smallest absolute Gasteiger partial charge is 0.321 e. The first-order valence-corrected chi connectivity index (χ1v) is 7.95. The fraction of sp³-hybridized carbons (Fsp3) is 0.467. The van der Waals surface area contributed by atoms with E-state index in [-0.39, 0.29) is 23.7 Å². The average Bonchev–Trinajstić information content (AvgIpc) is 2.46. The van der Waals surface area contributed by atoms with Crippen molar-refractivity contribution < 1.29 is 14.7 Å². The molecule has 1 aromatic rings. The van der Waals surface area contributed by atoms with Gasteiger partial charge in [-0.2, -0.15) is 11.8 Å². The van der Waals surface area contributed by atoms with Crippen molar-refractivity contribution in [3.8, 4) is 0 Å². The van der Waals surface area contributed by atoms with Crippen molar-refractivity contribution in [2.45, 2.75) is 25.0 Å². The standard InChI is InChI=1S/C15H22N2O3S/c1-15(2,21-3)11-16-14(20)17(10-9-13(18)19)12-7-5-4-6-8-12/h4-8H,9-11H2,1-3H3,(H,16,20)(H,18,19). The van der Waals surface area contributed by atoms with Crippen LogP contribution in [0.4, 0.5) is 10.5 Å². The van der Waals surface area contributed by atoms with Gasteiger partial charge in [-0.3, -0.25) is 9.69 Å². The minimum atomic E-state index is -0.923. The second-order valence-electron chi connectivity index (χ2n) is 5.25. The molecule has 0 saturated carbocycles. The number of carbonyl (C=O) groups excluding carboxylic acids is 1. The first-order chi connectivity index (χ1) is 9.85. The zero-order valence-electron chi connectivity index (χ0n) is 12.6. The Bertz CT molecular complexity index is 477. The van der Waals surface area contributed by atoms with Gasteiger partial charge in [-0.25, -0.2) is 4.79 Å². The number of thioether (sulfide) groups is 1. The Kier molecular flexibility index (Phi) is 6.55. The minimum absolute atomic E-state index is 0.0647. The molecule has 0 aliphatic carbocycles. The van der Waals surface area contributed by atoms with E-state index in [1.54, 1.807) is 23.9 Å². The van der Waals surface area contributed by atoms with Crippen LogP contribution in [0.5, 0.6) is 0 Å². The fourth-order valence-electron chi connectivity index (χ4n) is 1.62. The highest BCUT2D eigenvalue weighted by Crippen LogP contribution is 2.20. The molecule has 21 heavy (non-hydrogen) atoms. The van der Waals surface area contributed by atoms with Crippen LogP contribution in [0, 0.1) is 0 Å². The first-order valence-electron chi connectivity index (χ1n) is 6.73. The van der Waals surface area contributed by atoms with E-state index in [1.807, 2.05) is 38.3 Å². The summed E-state index contributed by atoms with van der Waals surface area (Å²) in [6, 6.07) is 8.81. The van der Waals surface area contributed by atoms with E-state index in [0.717, 1.165) is 0 Å². The summed E-state index contributed by atoms with van der Waals surface area (Å²) in [5, 5.41) is 11.7. The van der Waals surface area contributed by atoms with Gasteiger partial charge in [0.1, 0.15) is 0 Å². The molecule has 0 atom stereocenters. The number of rotatable bonds is 7. The number of carbonyl (C=O) groups is 2. The molecule has 0 fully saturated rings. The Morgan fingerprint density at radius 2 is 1.90 bits per heavy atom. The lowest BCUT2D eigenvalue weighted by atomic mass is 10.2. The molecule has 0 aromatic heterocycles. The lowest BCUT2D eigenvalue weighted by Gasteiger charge is -2.27. The Hall–Kier alpha value is -1.69. The maximum absolute atomic E-state index is 12.3. The lowest BCUT2D eigenvalue weighted by Crippen LogP contribution is -2.45. The summed E-state index contributed by atoms with van der Waals surface area (Å²) < 4.78 is -0.0647. The largest absolute Gasteiger partial charge is 0.481 e. The van der Waals surface area contributed by atoms with Crippen molar-refractivity contribution in [2.24, 2.45) is 0 Å². The zero-order valence-corrected chi connectivity index (χ0v) is 13.4. The molecule has 2 amide bonds. The number of nitrogens with zero attached hydrogens (tertiary/aromatic N) is 1. The van der Waals surface area contributed by atoms with Crippen molar-refractivity contribution in [3.63, 3.8) is 0 Å². The number of urea groups is 1. The number of amides is 2. The monoisotopic (exact) mass is 310 g/mol. The average molecular weight is 310 g/mol. The quantitative estimate of drug-likeness (QED) is 0.812. The second-order valence-corrected chi connectivity index (χ2v) is 6.77. The molecule has 0 unspecified atom stereocenters. The van der Waals surface area contributed by atoms with Crippen molar-refractivity contribution in [1.82, 2.24) is 5.32 Å². The first kappa shape index (κ1) is 17.4. The van der Waals surface area contributed by atoms with Gasteiger partial charge in [0.25, 0.3) is 0 Å². The van der Waals surface area contributed by atoms with Crippen LogP contribution < -0.4 is 10.2 Å². The molecule has 0 heterocycles. The summed E-state index contributed by atoms with van der Waals surface area (Å²) in [5.41, 5.74) is 0.693. The van der Waals surface area contributed by atoms with Crippen molar-refractivity contribution in [2.75, 3.05) is 24.2 Å². The molecular formula is C15H22N2O3S. The van der Waals surface area contributed by atoms with E-state index in [0.29, 0.717) is 12.2 Å². The number of aliphatic carboxylic acids is 1. The molecule has 0 saturated heterocycles. The van der Waals surface area contributed by atoms with E-state index in [1.165, 1.54) is 4.90 Å². The van der Waals surface area contributed by atoms with Crippen molar-refractivity contribution in [3.05, 3.63) is 30.3 Å². The molecule has 0 radical (unpaired) electrons. The van der Waals surface area contributed by atoms with Crippen LogP contribution in [0.25, 0.3) is 0 Å². The molecule has 0 spiro atoms. The zero-order chi connectivity index (χ0) is 15.9. The summed E-state index contributed by atoms with van der Waals surface area (Å²) in [6.07, 6.45) is 1.90.